The molecule has 0 aromatic heterocycles. The van der Waals surface area contributed by atoms with Gasteiger partial charge >= 0.3 is 0 Å². The van der Waals surface area contributed by atoms with Crippen LogP contribution in [0.5, 0.6) is 0 Å². The Morgan fingerprint density at radius 1 is 1.08 bits per heavy atom. The van der Waals surface area contributed by atoms with Crippen molar-refractivity contribution in [1.29, 1.82) is 0 Å². The van der Waals surface area contributed by atoms with Crippen molar-refractivity contribution in [3.05, 3.63) is 58.1 Å². The molecular formula is C16H16Cl2N2O3S. The molecule has 2 rings (SSSR count). The molecule has 0 radical (unpaired) electrons. The van der Waals surface area contributed by atoms with Crippen LogP contribution in [-0.4, -0.2) is 20.4 Å². The smallest absolute Gasteiger partial charge is 0.263 e. The Labute approximate surface area is 151 Å². The van der Waals surface area contributed by atoms with Gasteiger partial charge in [-0.2, -0.15) is 0 Å². The lowest BCUT2D eigenvalue weighted by Crippen LogP contribution is -2.31. The maximum absolute atomic E-state index is 12.6. The van der Waals surface area contributed by atoms with Gasteiger partial charge in [0.25, 0.3) is 15.9 Å². The third kappa shape index (κ3) is 4.41. The lowest BCUT2D eigenvalue weighted by atomic mass is 10.1. The van der Waals surface area contributed by atoms with Crippen molar-refractivity contribution in [2.45, 2.75) is 24.8 Å². The first-order valence-corrected chi connectivity index (χ1v) is 9.32. The van der Waals surface area contributed by atoms with E-state index < -0.39 is 10.0 Å². The molecular weight excluding hydrogens is 371 g/mol. The van der Waals surface area contributed by atoms with Gasteiger partial charge in [0.05, 0.1) is 16.3 Å². The molecule has 0 atom stereocenters. The third-order valence-electron chi connectivity index (χ3n) is 3.02. The van der Waals surface area contributed by atoms with Crippen LogP contribution in [0.2, 0.25) is 10.0 Å². The van der Waals surface area contributed by atoms with Crippen LogP contribution in [0.1, 0.15) is 24.2 Å². The summed E-state index contributed by atoms with van der Waals surface area (Å²) in [6.45, 7) is 3.63. The minimum absolute atomic E-state index is 0.0380. The Kier molecular flexibility index (Phi) is 5.74. The molecule has 8 heteroatoms. The van der Waals surface area contributed by atoms with Gasteiger partial charge < -0.3 is 5.32 Å². The fraction of sp³-hybridized carbons (Fsp3) is 0.188. The van der Waals surface area contributed by atoms with E-state index in [2.05, 4.69) is 10.0 Å². The number of benzene rings is 2. The standard InChI is InChI=1S/C16H16Cl2N2O3S/c1-10(2)19-16(21)12-5-3-4-6-14(12)20-24(22,23)15-9-11(17)7-8-13(15)18/h3-10,20H,1-2H3,(H,19,21). The van der Waals surface area contributed by atoms with Gasteiger partial charge in [0, 0.05) is 11.1 Å². The zero-order chi connectivity index (χ0) is 17.9. The number of carbonyl (C=O) groups excluding carboxylic acids is 1. The molecule has 2 aromatic rings. The summed E-state index contributed by atoms with van der Waals surface area (Å²) in [5.41, 5.74) is 0.375. The van der Waals surface area contributed by atoms with Crippen LogP contribution < -0.4 is 10.0 Å². The summed E-state index contributed by atoms with van der Waals surface area (Å²) in [7, 11) is -4.00. The van der Waals surface area contributed by atoms with Gasteiger partial charge in [-0.1, -0.05) is 35.3 Å². The Balaban J connectivity index is 2.40. The second-order valence-corrected chi connectivity index (χ2v) is 7.85. The third-order valence-corrected chi connectivity index (χ3v) is 5.10. The first-order valence-electron chi connectivity index (χ1n) is 7.08. The summed E-state index contributed by atoms with van der Waals surface area (Å²) in [6, 6.07) is 10.4. The lowest BCUT2D eigenvalue weighted by Gasteiger charge is -2.14. The molecule has 0 aliphatic heterocycles. The van der Waals surface area contributed by atoms with Crippen molar-refractivity contribution in [2.24, 2.45) is 0 Å². The van der Waals surface area contributed by atoms with Crippen LogP contribution in [0, 0.1) is 0 Å². The Hall–Kier alpha value is -1.76. The predicted molar refractivity (Wildman–Crippen MR) is 96.3 cm³/mol. The van der Waals surface area contributed by atoms with Crippen LogP contribution in [-0.2, 0) is 10.0 Å². The highest BCUT2D eigenvalue weighted by Gasteiger charge is 2.21. The number of carbonyl (C=O) groups is 1. The average molecular weight is 387 g/mol. The van der Waals surface area contributed by atoms with E-state index in [1.807, 2.05) is 13.8 Å². The Bertz CT molecular complexity index is 867. The fourth-order valence-electron chi connectivity index (χ4n) is 1.99. The maximum Gasteiger partial charge on any atom is 0.263 e. The van der Waals surface area contributed by atoms with Crippen molar-refractivity contribution in [2.75, 3.05) is 4.72 Å². The summed E-state index contributed by atoms with van der Waals surface area (Å²) in [5, 5.41) is 3.00. The molecule has 2 aromatic carbocycles. The molecule has 5 nitrogen and oxygen atoms in total. The second-order valence-electron chi connectivity index (χ2n) is 5.35. The van der Waals surface area contributed by atoms with Crippen molar-refractivity contribution in [3.63, 3.8) is 0 Å². The van der Waals surface area contributed by atoms with Crippen molar-refractivity contribution >= 4 is 44.8 Å². The van der Waals surface area contributed by atoms with Gasteiger partial charge in [-0.05, 0) is 44.2 Å². The van der Waals surface area contributed by atoms with E-state index in [1.54, 1.807) is 12.1 Å². The highest BCUT2D eigenvalue weighted by atomic mass is 35.5. The van der Waals surface area contributed by atoms with E-state index in [-0.39, 0.29) is 38.1 Å². The van der Waals surface area contributed by atoms with Crippen LogP contribution in [0.4, 0.5) is 5.69 Å². The number of anilines is 1. The molecule has 1 amide bonds. The van der Waals surface area contributed by atoms with Crippen molar-refractivity contribution in [3.8, 4) is 0 Å². The van der Waals surface area contributed by atoms with Gasteiger partial charge in [0.1, 0.15) is 4.90 Å². The molecule has 0 aliphatic rings. The topological polar surface area (TPSA) is 75.3 Å². The molecule has 128 valence electrons. The van der Waals surface area contributed by atoms with E-state index in [1.165, 1.54) is 30.3 Å². The highest BCUT2D eigenvalue weighted by molar-refractivity contribution is 7.92. The zero-order valence-corrected chi connectivity index (χ0v) is 15.3. The maximum atomic E-state index is 12.6. The number of para-hydroxylation sites is 1. The molecule has 0 saturated carbocycles. The first kappa shape index (κ1) is 18.6. The Morgan fingerprint density at radius 2 is 1.75 bits per heavy atom. The monoisotopic (exact) mass is 386 g/mol. The number of amides is 1. The molecule has 0 heterocycles. The van der Waals surface area contributed by atoms with Gasteiger partial charge in [0.2, 0.25) is 0 Å². The second kappa shape index (κ2) is 7.42. The highest BCUT2D eigenvalue weighted by Crippen LogP contribution is 2.27. The van der Waals surface area contributed by atoms with Crippen LogP contribution in [0.3, 0.4) is 0 Å². The van der Waals surface area contributed by atoms with E-state index in [9.17, 15) is 13.2 Å². The van der Waals surface area contributed by atoms with Crippen molar-refractivity contribution < 1.29 is 13.2 Å². The number of rotatable bonds is 5. The molecule has 0 aliphatic carbocycles. The quantitative estimate of drug-likeness (QED) is 0.816. The lowest BCUT2D eigenvalue weighted by molar-refractivity contribution is 0.0944. The summed E-state index contributed by atoms with van der Waals surface area (Å²) in [6.07, 6.45) is 0. The van der Waals surface area contributed by atoms with Crippen LogP contribution in [0.25, 0.3) is 0 Å². The molecule has 0 spiro atoms. The largest absolute Gasteiger partial charge is 0.350 e. The zero-order valence-electron chi connectivity index (χ0n) is 13.0. The summed E-state index contributed by atoms with van der Waals surface area (Å²) >= 11 is 11.8. The SMILES string of the molecule is CC(C)NC(=O)c1ccccc1NS(=O)(=O)c1cc(Cl)ccc1Cl. The summed E-state index contributed by atoms with van der Waals surface area (Å²) < 4.78 is 27.6. The Morgan fingerprint density at radius 3 is 2.42 bits per heavy atom. The van der Waals surface area contributed by atoms with Crippen LogP contribution in [0.15, 0.2) is 47.4 Å². The van der Waals surface area contributed by atoms with E-state index >= 15 is 0 Å². The number of hydrogen-bond acceptors (Lipinski definition) is 3. The summed E-state index contributed by atoms with van der Waals surface area (Å²) in [4.78, 5) is 12.1. The van der Waals surface area contributed by atoms with E-state index in [4.69, 9.17) is 23.2 Å². The molecule has 0 unspecified atom stereocenters. The molecule has 0 bridgehead atoms. The minimum atomic E-state index is -4.00. The number of halogens is 2. The van der Waals surface area contributed by atoms with E-state index in [0.717, 1.165) is 0 Å². The normalized spacial score (nSPS) is 11.4. The fourth-order valence-corrected chi connectivity index (χ4v) is 3.84. The summed E-state index contributed by atoms with van der Waals surface area (Å²) in [5.74, 6) is -0.375. The van der Waals surface area contributed by atoms with E-state index in [0.29, 0.717) is 0 Å². The molecule has 0 saturated heterocycles. The minimum Gasteiger partial charge on any atom is -0.350 e. The molecule has 24 heavy (non-hydrogen) atoms. The average Bonchev–Trinajstić information content (AvgIpc) is 2.49. The van der Waals surface area contributed by atoms with Crippen LogP contribution >= 0.6 is 23.2 Å². The van der Waals surface area contributed by atoms with Gasteiger partial charge in [0.15, 0.2) is 0 Å². The molecule has 0 fully saturated rings. The number of sulfonamides is 1. The van der Waals surface area contributed by atoms with Gasteiger partial charge in [-0.15, -0.1) is 0 Å². The van der Waals surface area contributed by atoms with Gasteiger partial charge in [-0.3, -0.25) is 9.52 Å². The predicted octanol–water partition coefficient (Wildman–Crippen LogP) is 3.93. The number of hydrogen-bond donors (Lipinski definition) is 2. The van der Waals surface area contributed by atoms with Gasteiger partial charge in [-0.25, -0.2) is 8.42 Å². The molecule has 2 N–H and O–H groups in total. The number of nitrogens with one attached hydrogen (secondary N) is 2. The first-order chi connectivity index (χ1) is 11.2. The van der Waals surface area contributed by atoms with Crippen molar-refractivity contribution in [1.82, 2.24) is 5.32 Å².